The molecule has 0 radical (unpaired) electrons. The van der Waals surface area contributed by atoms with Gasteiger partial charge in [-0.3, -0.25) is 9.59 Å². The normalized spacial score (nSPS) is 14.5. The molecule has 0 aromatic heterocycles. The van der Waals surface area contributed by atoms with E-state index >= 15 is 0 Å². The molecule has 1 rings (SSSR count). The first-order chi connectivity index (χ1) is 10.0. The second kappa shape index (κ2) is 6.99. The highest BCUT2D eigenvalue weighted by atomic mass is 19.1. The van der Waals surface area contributed by atoms with Crippen molar-refractivity contribution >= 4 is 11.7 Å². The monoisotopic (exact) mass is 311 g/mol. The topological polar surface area (TPSA) is 60.2 Å². The maximum atomic E-state index is 13.2. The maximum Gasteiger partial charge on any atom is 0.221 e. The highest BCUT2D eigenvalue weighted by Crippen LogP contribution is 2.35. The number of carbonyl (C=O) groups excluding carboxylic acids is 2. The van der Waals surface area contributed by atoms with Gasteiger partial charge in [0.2, 0.25) is 5.91 Å². The van der Waals surface area contributed by atoms with Gasteiger partial charge < -0.3 is 5.73 Å². The predicted octanol–water partition coefficient (Wildman–Crippen LogP) is 3.25. The van der Waals surface area contributed by atoms with Crippen LogP contribution in [0.5, 0.6) is 0 Å². The molecule has 22 heavy (non-hydrogen) atoms. The molecule has 0 fully saturated rings. The smallest absolute Gasteiger partial charge is 0.221 e. The lowest BCUT2D eigenvalue weighted by Crippen LogP contribution is -2.41. The van der Waals surface area contributed by atoms with E-state index in [1.165, 1.54) is 19.1 Å². The zero-order valence-electron chi connectivity index (χ0n) is 13.5. The molecule has 1 unspecified atom stereocenters. The van der Waals surface area contributed by atoms with E-state index in [0.29, 0.717) is 5.56 Å². The molecule has 1 aromatic rings. The molecule has 0 bridgehead atoms. The Morgan fingerprint density at radius 1 is 1.14 bits per heavy atom. The molecule has 2 N–H and O–H groups in total. The van der Waals surface area contributed by atoms with Crippen LogP contribution in [0.2, 0.25) is 0 Å². The van der Waals surface area contributed by atoms with Crippen LogP contribution >= 0.6 is 0 Å². The molecule has 1 aromatic carbocycles. The number of rotatable bonds is 6. The molecule has 0 aliphatic rings. The van der Waals surface area contributed by atoms with E-state index < -0.39 is 34.8 Å². The van der Waals surface area contributed by atoms with E-state index in [2.05, 4.69) is 0 Å². The molecular formula is C17H23F2NO2. The number of halogens is 2. The molecule has 0 saturated heterocycles. The standard InChI is InChI=1S/C17H23F2NO2/c1-10(21)15(17(2,3)4)14(16(20)22)6-5-11-7-12(18)9-13(19)8-11/h7-9,14-15H,5-6H2,1-4H3,(H2,20,22)/t14-,15?/m0/s1. The molecule has 0 aliphatic heterocycles. The number of primary amides is 1. The summed E-state index contributed by atoms with van der Waals surface area (Å²) in [7, 11) is 0. The first-order valence-electron chi connectivity index (χ1n) is 7.27. The Kier molecular flexibility index (Phi) is 5.80. The third-order valence-electron chi connectivity index (χ3n) is 3.81. The van der Waals surface area contributed by atoms with Crippen LogP contribution in [0.25, 0.3) is 0 Å². The van der Waals surface area contributed by atoms with Crippen LogP contribution in [0.1, 0.15) is 39.7 Å². The fraction of sp³-hybridized carbons (Fsp3) is 0.529. The van der Waals surface area contributed by atoms with Crippen LogP contribution < -0.4 is 5.73 Å². The molecule has 0 spiro atoms. The van der Waals surface area contributed by atoms with Crippen molar-refractivity contribution in [2.75, 3.05) is 0 Å². The van der Waals surface area contributed by atoms with Gasteiger partial charge in [-0.2, -0.15) is 0 Å². The van der Waals surface area contributed by atoms with E-state index in [9.17, 15) is 18.4 Å². The van der Waals surface area contributed by atoms with Gasteiger partial charge >= 0.3 is 0 Å². The van der Waals surface area contributed by atoms with Gasteiger partial charge in [-0.1, -0.05) is 20.8 Å². The third kappa shape index (κ3) is 4.90. The third-order valence-corrected chi connectivity index (χ3v) is 3.81. The molecule has 5 heteroatoms. The average Bonchev–Trinajstić information content (AvgIpc) is 2.30. The second-order valence-corrected chi connectivity index (χ2v) is 6.78. The van der Waals surface area contributed by atoms with Crippen LogP contribution in [-0.2, 0) is 16.0 Å². The van der Waals surface area contributed by atoms with Gasteiger partial charge in [0, 0.05) is 17.9 Å². The van der Waals surface area contributed by atoms with Crippen molar-refractivity contribution in [2.45, 2.75) is 40.5 Å². The van der Waals surface area contributed by atoms with Gasteiger partial charge in [0.1, 0.15) is 17.4 Å². The van der Waals surface area contributed by atoms with Crippen LogP contribution in [-0.4, -0.2) is 11.7 Å². The molecular weight excluding hydrogens is 288 g/mol. The number of aryl methyl sites for hydroxylation is 1. The van der Waals surface area contributed by atoms with Gasteiger partial charge in [0.05, 0.1) is 0 Å². The summed E-state index contributed by atoms with van der Waals surface area (Å²) in [5.41, 5.74) is 5.48. The average molecular weight is 311 g/mol. The molecule has 0 saturated carbocycles. The SMILES string of the molecule is CC(=O)C([C@H](CCc1cc(F)cc(F)c1)C(N)=O)C(C)(C)C. The highest BCUT2D eigenvalue weighted by molar-refractivity contribution is 5.87. The van der Waals surface area contributed by atoms with Crippen LogP contribution in [0.3, 0.4) is 0 Å². The minimum absolute atomic E-state index is 0.110. The van der Waals surface area contributed by atoms with E-state index in [4.69, 9.17) is 5.73 Å². The Morgan fingerprint density at radius 2 is 1.64 bits per heavy atom. The van der Waals surface area contributed by atoms with Crippen LogP contribution in [0.15, 0.2) is 18.2 Å². The van der Waals surface area contributed by atoms with Gasteiger partial charge in [0.15, 0.2) is 0 Å². The number of hydrogen-bond acceptors (Lipinski definition) is 2. The Morgan fingerprint density at radius 3 is 2.00 bits per heavy atom. The zero-order valence-corrected chi connectivity index (χ0v) is 13.5. The van der Waals surface area contributed by atoms with Crippen LogP contribution in [0, 0.1) is 28.9 Å². The molecule has 2 atom stereocenters. The largest absolute Gasteiger partial charge is 0.369 e. The predicted molar refractivity (Wildman–Crippen MR) is 81.0 cm³/mol. The molecule has 0 aliphatic carbocycles. The van der Waals surface area contributed by atoms with Crippen molar-refractivity contribution in [3.63, 3.8) is 0 Å². The van der Waals surface area contributed by atoms with Gasteiger partial charge in [-0.25, -0.2) is 8.78 Å². The quantitative estimate of drug-likeness (QED) is 0.876. The van der Waals surface area contributed by atoms with Gasteiger partial charge in [-0.15, -0.1) is 0 Å². The van der Waals surface area contributed by atoms with E-state index in [1.807, 2.05) is 20.8 Å². The Labute approximate surface area is 129 Å². The zero-order chi connectivity index (χ0) is 17.1. The lowest BCUT2D eigenvalue weighted by molar-refractivity contribution is -0.135. The fourth-order valence-electron chi connectivity index (χ4n) is 3.05. The Balaban J connectivity index is 2.97. The summed E-state index contributed by atoms with van der Waals surface area (Å²) in [6.07, 6.45) is 0.557. The summed E-state index contributed by atoms with van der Waals surface area (Å²) < 4.78 is 26.4. The number of carbonyl (C=O) groups is 2. The molecule has 122 valence electrons. The number of hydrogen-bond donors (Lipinski definition) is 1. The Bertz CT molecular complexity index is 544. The summed E-state index contributed by atoms with van der Waals surface area (Å²) in [6, 6.07) is 3.24. The van der Waals surface area contributed by atoms with E-state index in [0.717, 1.165) is 6.07 Å². The maximum absolute atomic E-state index is 13.2. The summed E-state index contributed by atoms with van der Waals surface area (Å²) in [5, 5.41) is 0. The first kappa shape index (κ1) is 18.3. The van der Waals surface area contributed by atoms with Crippen molar-refractivity contribution < 1.29 is 18.4 Å². The van der Waals surface area contributed by atoms with Crippen LogP contribution in [0.4, 0.5) is 8.78 Å². The van der Waals surface area contributed by atoms with E-state index in [1.54, 1.807) is 0 Å². The molecule has 0 heterocycles. The number of Topliss-reactive ketones (excluding diaryl/α,β-unsaturated/α-hetero) is 1. The van der Waals surface area contributed by atoms with Crippen molar-refractivity contribution in [3.8, 4) is 0 Å². The number of ketones is 1. The number of benzene rings is 1. The lowest BCUT2D eigenvalue weighted by Gasteiger charge is -2.33. The van der Waals surface area contributed by atoms with Crippen molar-refractivity contribution in [3.05, 3.63) is 35.4 Å². The molecule has 3 nitrogen and oxygen atoms in total. The first-order valence-corrected chi connectivity index (χ1v) is 7.27. The summed E-state index contributed by atoms with van der Waals surface area (Å²) in [5.74, 6) is -3.19. The minimum Gasteiger partial charge on any atom is -0.369 e. The van der Waals surface area contributed by atoms with E-state index in [-0.39, 0.29) is 18.6 Å². The summed E-state index contributed by atoms with van der Waals surface area (Å²) >= 11 is 0. The highest BCUT2D eigenvalue weighted by Gasteiger charge is 2.38. The number of amides is 1. The summed E-state index contributed by atoms with van der Waals surface area (Å²) in [4.78, 5) is 23.7. The van der Waals surface area contributed by atoms with Crippen molar-refractivity contribution in [2.24, 2.45) is 23.0 Å². The fourth-order valence-corrected chi connectivity index (χ4v) is 3.05. The Hall–Kier alpha value is -1.78. The van der Waals surface area contributed by atoms with Crippen molar-refractivity contribution in [1.29, 1.82) is 0 Å². The molecule has 1 amide bonds. The lowest BCUT2D eigenvalue weighted by atomic mass is 9.69. The second-order valence-electron chi connectivity index (χ2n) is 6.78. The number of nitrogens with two attached hydrogens (primary N) is 1. The van der Waals surface area contributed by atoms with Gasteiger partial charge in [-0.05, 0) is 42.9 Å². The minimum atomic E-state index is -0.663. The van der Waals surface area contributed by atoms with Gasteiger partial charge in [0.25, 0.3) is 0 Å². The van der Waals surface area contributed by atoms with Crippen molar-refractivity contribution in [1.82, 2.24) is 0 Å². The summed E-state index contributed by atoms with van der Waals surface area (Å²) in [6.45, 7) is 7.05.